The average molecular weight is 313 g/mol. The third-order valence-electron chi connectivity index (χ3n) is 3.05. The summed E-state index contributed by atoms with van der Waals surface area (Å²) < 4.78 is 23.5. The summed E-state index contributed by atoms with van der Waals surface area (Å²) in [5.41, 5.74) is 1.25. The topological polar surface area (TPSA) is 76.4 Å². The summed E-state index contributed by atoms with van der Waals surface area (Å²) in [6.07, 6.45) is 0.637. The van der Waals surface area contributed by atoms with Gasteiger partial charge in [0.15, 0.2) is 6.61 Å². The second-order valence-corrected chi connectivity index (χ2v) is 4.58. The van der Waals surface area contributed by atoms with Crippen LogP contribution in [0, 0.1) is 17.1 Å². The zero-order valence-corrected chi connectivity index (χ0v) is 12.2. The molecule has 0 radical (unpaired) electrons. The van der Waals surface area contributed by atoms with E-state index < -0.39 is 11.8 Å². The fourth-order valence-electron chi connectivity index (χ4n) is 1.98. The first-order chi connectivity index (χ1) is 11.1. The third kappa shape index (κ3) is 3.92. The van der Waals surface area contributed by atoms with E-state index in [1.807, 2.05) is 6.07 Å². The molecular weight excluding hydrogens is 301 g/mol. The van der Waals surface area contributed by atoms with Gasteiger partial charge in [0.25, 0.3) is 0 Å². The number of methoxy groups -OCH3 is 1. The van der Waals surface area contributed by atoms with Gasteiger partial charge >= 0.3 is 5.97 Å². The number of esters is 1. The van der Waals surface area contributed by atoms with Crippen LogP contribution < -0.4 is 4.74 Å². The van der Waals surface area contributed by atoms with Crippen molar-refractivity contribution in [2.24, 2.45) is 0 Å². The summed E-state index contributed by atoms with van der Waals surface area (Å²) in [7, 11) is 1.23. The van der Waals surface area contributed by atoms with Crippen LogP contribution in [-0.2, 0) is 9.53 Å². The van der Waals surface area contributed by atoms with E-state index >= 15 is 0 Å². The lowest BCUT2D eigenvalue weighted by Gasteiger charge is -2.12. The van der Waals surface area contributed by atoms with E-state index in [-0.39, 0.29) is 17.9 Å². The van der Waals surface area contributed by atoms with E-state index in [0.29, 0.717) is 23.0 Å². The van der Waals surface area contributed by atoms with Crippen molar-refractivity contribution in [3.8, 4) is 22.9 Å². The van der Waals surface area contributed by atoms with Crippen LogP contribution in [-0.4, -0.2) is 26.0 Å². The number of carbonyl (C=O) groups is 2. The summed E-state index contributed by atoms with van der Waals surface area (Å²) in [6.45, 7) is -0.329. The van der Waals surface area contributed by atoms with Crippen molar-refractivity contribution >= 4 is 12.3 Å². The molecule has 0 heterocycles. The molecule has 6 heteroatoms. The predicted octanol–water partition coefficient (Wildman–Crippen LogP) is 2.73. The van der Waals surface area contributed by atoms with Crippen molar-refractivity contribution in [3.05, 3.63) is 53.3 Å². The lowest BCUT2D eigenvalue weighted by Crippen LogP contribution is -2.13. The van der Waals surface area contributed by atoms with Gasteiger partial charge in [0, 0.05) is 11.1 Å². The molecule has 0 N–H and O–H groups in total. The molecule has 0 fully saturated rings. The first-order valence-electron chi connectivity index (χ1n) is 6.57. The number of carbonyl (C=O) groups excluding carboxylic acids is 2. The molecule has 0 spiro atoms. The van der Waals surface area contributed by atoms with E-state index in [0.717, 1.165) is 6.07 Å². The highest BCUT2D eigenvalue weighted by Crippen LogP contribution is 2.32. The van der Waals surface area contributed by atoms with Crippen molar-refractivity contribution in [3.63, 3.8) is 0 Å². The van der Waals surface area contributed by atoms with Crippen LogP contribution >= 0.6 is 0 Å². The smallest absolute Gasteiger partial charge is 0.343 e. The Hall–Kier alpha value is -3.20. The van der Waals surface area contributed by atoms with Gasteiger partial charge in [-0.1, -0.05) is 0 Å². The maximum absolute atomic E-state index is 13.6. The van der Waals surface area contributed by atoms with Gasteiger partial charge in [-0.15, -0.1) is 0 Å². The molecule has 0 unspecified atom stereocenters. The Morgan fingerprint density at radius 2 is 2.09 bits per heavy atom. The summed E-state index contributed by atoms with van der Waals surface area (Å²) in [4.78, 5) is 22.2. The third-order valence-corrected chi connectivity index (χ3v) is 3.05. The number of hydrogen-bond donors (Lipinski definition) is 0. The Morgan fingerprint density at radius 3 is 2.74 bits per heavy atom. The van der Waals surface area contributed by atoms with Crippen LogP contribution in [0.25, 0.3) is 11.1 Å². The molecule has 2 rings (SSSR count). The van der Waals surface area contributed by atoms with E-state index in [4.69, 9.17) is 10.00 Å². The van der Waals surface area contributed by atoms with Gasteiger partial charge in [0.2, 0.25) is 0 Å². The summed E-state index contributed by atoms with van der Waals surface area (Å²) in [6, 6.07) is 10.2. The second kappa shape index (κ2) is 7.18. The largest absolute Gasteiger partial charge is 0.481 e. The maximum atomic E-state index is 13.6. The Balaban J connectivity index is 2.50. The lowest BCUT2D eigenvalue weighted by atomic mass is 10.00. The molecule has 0 amide bonds. The highest BCUT2D eigenvalue weighted by atomic mass is 19.1. The highest BCUT2D eigenvalue weighted by molar-refractivity contribution is 5.82. The van der Waals surface area contributed by atoms with Crippen LogP contribution in [0.3, 0.4) is 0 Å². The van der Waals surface area contributed by atoms with Crippen LogP contribution in [0.5, 0.6) is 5.75 Å². The number of ether oxygens (including phenoxy) is 2. The van der Waals surface area contributed by atoms with Gasteiger partial charge in [-0.25, -0.2) is 9.18 Å². The van der Waals surface area contributed by atoms with Crippen molar-refractivity contribution in [1.82, 2.24) is 0 Å². The molecule has 5 nitrogen and oxygen atoms in total. The molecule has 0 aromatic heterocycles. The number of rotatable bonds is 5. The minimum absolute atomic E-state index is 0.135. The standard InChI is InChI=1S/C17H12FNO4/c1-22-17(21)10-23-16-3-2-11(9-20)6-15(16)13-4-12(8-19)5-14(18)7-13/h2-7,9H,10H2,1H3. The Kier molecular flexibility index (Phi) is 5.05. The van der Waals surface area contributed by atoms with Crippen molar-refractivity contribution in [2.75, 3.05) is 13.7 Å². The Labute approximate surface area is 131 Å². The molecule has 0 aliphatic carbocycles. The zero-order chi connectivity index (χ0) is 16.8. The highest BCUT2D eigenvalue weighted by Gasteiger charge is 2.12. The molecule has 0 aliphatic rings. The van der Waals surface area contributed by atoms with E-state index in [1.54, 1.807) is 0 Å². The minimum Gasteiger partial charge on any atom is -0.481 e. The number of hydrogen-bond acceptors (Lipinski definition) is 5. The van der Waals surface area contributed by atoms with Crippen molar-refractivity contribution < 1.29 is 23.5 Å². The number of nitrogens with zero attached hydrogens (tertiary/aromatic N) is 1. The minimum atomic E-state index is -0.588. The van der Waals surface area contributed by atoms with E-state index in [1.165, 1.54) is 37.4 Å². The quantitative estimate of drug-likeness (QED) is 0.626. The first kappa shape index (κ1) is 16.2. The van der Waals surface area contributed by atoms with Gasteiger partial charge in [-0.05, 0) is 42.0 Å². The summed E-state index contributed by atoms with van der Waals surface area (Å²) >= 11 is 0. The van der Waals surface area contributed by atoms with Gasteiger partial charge in [-0.2, -0.15) is 5.26 Å². The molecule has 0 aliphatic heterocycles. The van der Waals surface area contributed by atoms with Gasteiger partial charge in [0.05, 0.1) is 18.7 Å². The SMILES string of the molecule is COC(=O)COc1ccc(C=O)cc1-c1cc(F)cc(C#N)c1. The number of halogens is 1. The zero-order valence-electron chi connectivity index (χ0n) is 12.2. The molecule has 0 saturated heterocycles. The average Bonchev–Trinajstić information content (AvgIpc) is 2.58. The van der Waals surface area contributed by atoms with Crippen molar-refractivity contribution in [2.45, 2.75) is 0 Å². The fraction of sp³-hybridized carbons (Fsp3) is 0.118. The number of aldehydes is 1. The number of benzene rings is 2. The normalized spacial score (nSPS) is 9.78. The molecule has 23 heavy (non-hydrogen) atoms. The molecule has 116 valence electrons. The first-order valence-corrected chi connectivity index (χ1v) is 6.57. The monoisotopic (exact) mass is 313 g/mol. The van der Waals surface area contributed by atoms with Crippen LogP contribution in [0.1, 0.15) is 15.9 Å². The van der Waals surface area contributed by atoms with E-state index in [9.17, 15) is 14.0 Å². The van der Waals surface area contributed by atoms with Crippen LogP contribution in [0.15, 0.2) is 36.4 Å². The van der Waals surface area contributed by atoms with Gasteiger partial charge in [0.1, 0.15) is 17.9 Å². The van der Waals surface area contributed by atoms with Gasteiger partial charge in [-0.3, -0.25) is 4.79 Å². The second-order valence-electron chi connectivity index (χ2n) is 4.58. The molecule has 2 aromatic carbocycles. The molecular formula is C17H12FNO4. The van der Waals surface area contributed by atoms with Crippen molar-refractivity contribution in [1.29, 1.82) is 5.26 Å². The predicted molar refractivity (Wildman–Crippen MR) is 79.4 cm³/mol. The van der Waals surface area contributed by atoms with Crippen LogP contribution in [0.4, 0.5) is 4.39 Å². The van der Waals surface area contributed by atoms with Gasteiger partial charge < -0.3 is 9.47 Å². The number of nitriles is 1. The van der Waals surface area contributed by atoms with E-state index in [2.05, 4.69) is 4.74 Å². The molecule has 0 saturated carbocycles. The molecule has 0 bridgehead atoms. The Bertz CT molecular complexity index is 796. The summed E-state index contributed by atoms with van der Waals surface area (Å²) in [5, 5.41) is 8.95. The lowest BCUT2D eigenvalue weighted by molar-refractivity contribution is -0.142. The summed E-state index contributed by atoms with van der Waals surface area (Å²) in [5.74, 6) is -0.891. The maximum Gasteiger partial charge on any atom is 0.343 e. The fourth-order valence-corrected chi connectivity index (χ4v) is 1.98. The molecule has 0 atom stereocenters. The molecule has 2 aromatic rings. The Morgan fingerprint density at radius 1 is 1.30 bits per heavy atom. The van der Waals surface area contributed by atoms with Crippen LogP contribution in [0.2, 0.25) is 0 Å².